The van der Waals surface area contributed by atoms with E-state index >= 15 is 0 Å². The average molecular weight is 236 g/mol. The average Bonchev–Trinajstić information content (AvgIpc) is 2.19. The van der Waals surface area contributed by atoms with Crippen molar-refractivity contribution < 1.29 is 14.3 Å². The van der Waals surface area contributed by atoms with Crippen LogP contribution in [-0.4, -0.2) is 12.8 Å². The van der Waals surface area contributed by atoms with Crippen LogP contribution in [0.5, 0.6) is 5.75 Å². The molecule has 0 heterocycles. The van der Waals surface area contributed by atoms with Crippen LogP contribution in [0.25, 0.3) is 0 Å². The van der Waals surface area contributed by atoms with Gasteiger partial charge in [-0.05, 0) is 46.2 Å². The van der Waals surface area contributed by atoms with Crippen molar-refractivity contribution in [3.63, 3.8) is 0 Å². The fourth-order valence-electron chi connectivity index (χ4n) is 1.32. The van der Waals surface area contributed by atoms with Gasteiger partial charge in [0.1, 0.15) is 5.75 Å². The highest BCUT2D eigenvalue weighted by atomic mass is 16.7. The highest BCUT2D eigenvalue weighted by Crippen LogP contribution is 2.19. The molecule has 0 fully saturated rings. The van der Waals surface area contributed by atoms with Crippen molar-refractivity contribution in [1.82, 2.24) is 0 Å². The first kappa shape index (κ1) is 13.6. The molecule has 3 heteroatoms. The van der Waals surface area contributed by atoms with E-state index in [1.54, 1.807) is 0 Å². The fraction of sp³-hybridized carbons (Fsp3) is 0.500. The molecular weight excluding hydrogens is 216 g/mol. The number of hydrogen-bond donors (Lipinski definition) is 0. The van der Waals surface area contributed by atoms with E-state index in [0.717, 1.165) is 11.3 Å². The van der Waals surface area contributed by atoms with Crippen LogP contribution in [-0.2, 0) is 9.53 Å². The number of carbonyl (C=O) groups excluding carboxylic acids is 1. The Morgan fingerprint density at radius 2 is 1.88 bits per heavy atom. The number of carbonyl (C=O) groups is 1. The number of esters is 1. The van der Waals surface area contributed by atoms with Gasteiger partial charge in [-0.2, -0.15) is 0 Å². The Kier molecular flexibility index (Phi) is 4.16. The summed E-state index contributed by atoms with van der Waals surface area (Å²) in [5.74, 6) is 0.486. The molecule has 1 rings (SSSR count). The third-order valence-electron chi connectivity index (χ3n) is 2.35. The maximum absolute atomic E-state index is 11.5. The number of benzene rings is 1. The number of ether oxygens (including phenoxy) is 2. The van der Waals surface area contributed by atoms with Gasteiger partial charge in [-0.15, -0.1) is 0 Å². The van der Waals surface area contributed by atoms with Gasteiger partial charge in [-0.25, -0.2) is 0 Å². The summed E-state index contributed by atoms with van der Waals surface area (Å²) in [5, 5.41) is 0. The van der Waals surface area contributed by atoms with E-state index in [0.29, 0.717) is 0 Å². The van der Waals surface area contributed by atoms with Crippen LogP contribution < -0.4 is 4.74 Å². The summed E-state index contributed by atoms with van der Waals surface area (Å²) in [7, 11) is 0. The van der Waals surface area contributed by atoms with Gasteiger partial charge in [0, 0.05) is 0 Å². The minimum absolute atomic E-state index is 0.0417. The van der Waals surface area contributed by atoms with Gasteiger partial charge >= 0.3 is 5.97 Å². The largest absolute Gasteiger partial charge is 0.457 e. The van der Waals surface area contributed by atoms with Gasteiger partial charge in [0.05, 0.1) is 5.41 Å². The Labute approximate surface area is 103 Å². The van der Waals surface area contributed by atoms with Crippen molar-refractivity contribution in [3.8, 4) is 5.75 Å². The Morgan fingerprint density at radius 3 is 2.41 bits per heavy atom. The van der Waals surface area contributed by atoms with Crippen LogP contribution in [0.3, 0.4) is 0 Å². The summed E-state index contributed by atoms with van der Waals surface area (Å²) in [4.78, 5) is 11.5. The molecule has 0 aliphatic rings. The molecule has 0 radical (unpaired) electrons. The molecule has 0 atom stereocenters. The van der Waals surface area contributed by atoms with Crippen LogP contribution in [0.1, 0.15) is 31.9 Å². The Hall–Kier alpha value is -1.51. The SMILES string of the molecule is Cc1ccc(OCOC(=O)C(C)(C)C)c(C)c1. The quantitative estimate of drug-likeness (QED) is 0.597. The Bertz CT molecular complexity index is 402. The number of hydrogen-bond acceptors (Lipinski definition) is 3. The highest BCUT2D eigenvalue weighted by molar-refractivity contribution is 5.75. The Balaban J connectivity index is 2.49. The van der Waals surface area contributed by atoms with Gasteiger partial charge in [-0.3, -0.25) is 4.79 Å². The lowest BCUT2D eigenvalue weighted by atomic mass is 9.98. The molecule has 0 N–H and O–H groups in total. The molecule has 0 spiro atoms. The predicted molar refractivity (Wildman–Crippen MR) is 67.0 cm³/mol. The fourth-order valence-corrected chi connectivity index (χ4v) is 1.32. The zero-order chi connectivity index (χ0) is 13.1. The maximum Gasteiger partial charge on any atom is 0.314 e. The van der Waals surface area contributed by atoms with E-state index in [9.17, 15) is 4.79 Å². The van der Waals surface area contributed by atoms with Crippen molar-refractivity contribution in [2.45, 2.75) is 34.6 Å². The van der Waals surface area contributed by atoms with Gasteiger partial charge in [0.25, 0.3) is 0 Å². The molecule has 1 aromatic carbocycles. The normalized spacial score (nSPS) is 11.1. The second-order valence-corrected chi connectivity index (χ2v) is 5.21. The first-order chi connectivity index (χ1) is 7.80. The van der Waals surface area contributed by atoms with Crippen molar-refractivity contribution in [3.05, 3.63) is 29.3 Å². The van der Waals surface area contributed by atoms with E-state index < -0.39 is 5.41 Å². The molecule has 0 amide bonds. The summed E-state index contributed by atoms with van der Waals surface area (Å²) < 4.78 is 10.4. The molecule has 0 aromatic heterocycles. The smallest absolute Gasteiger partial charge is 0.314 e. The van der Waals surface area contributed by atoms with Crippen LogP contribution in [0.2, 0.25) is 0 Å². The topological polar surface area (TPSA) is 35.5 Å². The molecule has 0 saturated carbocycles. The van der Waals surface area contributed by atoms with Crippen LogP contribution in [0.4, 0.5) is 0 Å². The number of rotatable bonds is 3. The van der Waals surface area contributed by atoms with E-state index in [1.165, 1.54) is 5.56 Å². The van der Waals surface area contributed by atoms with E-state index in [2.05, 4.69) is 0 Å². The van der Waals surface area contributed by atoms with E-state index in [-0.39, 0.29) is 12.8 Å². The first-order valence-corrected chi connectivity index (χ1v) is 5.68. The summed E-state index contributed by atoms with van der Waals surface area (Å²) in [5.41, 5.74) is 1.73. The number of aryl methyl sites for hydroxylation is 2. The second kappa shape index (κ2) is 5.21. The molecule has 1 aromatic rings. The van der Waals surface area contributed by atoms with Gasteiger partial charge in [0.15, 0.2) is 0 Å². The Morgan fingerprint density at radius 1 is 1.24 bits per heavy atom. The molecule has 0 aliphatic heterocycles. The molecule has 17 heavy (non-hydrogen) atoms. The summed E-state index contributed by atoms with van der Waals surface area (Å²) >= 11 is 0. The van der Waals surface area contributed by atoms with Crippen molar-refractivity contribution in [2.24, 2.45) is 5.41 Å². The second-order valence-electron chi connectivity index (χ2n) is 5.21. The summed E-state index contributed by atoms with van der Waals surface area (Å²) in [6.45, 7) is 9.38. The van der Waals surface area contributed by atoms with Crippen LogP contribution in [0.15, 0.2) is 18.2 Å². The molecule has 94 valence electrons. The summed E-state index contributed by atoms with van der Waals surface area (Å²) in [6.07, 6.45) is 0. The van der Waals surface area contributed by atoms with Crippen LogP contribution in [0, 0.1) is 19.3 Å². The lowest BCUT2D eigenvalue weighted by Crippen LogP contribution is -2.24. The maximum atomic E-state index is 11.5. The molecule has 0 bridgehead atoms. The summed E-state index contributed by atoms with van der Waals surface area (Å²) in [6, 6.07) is 5.88. The van der Waals surface area contributed by atoms with E-state index in [1.807, 2.05) is 52.8 Å². The van der Waals surface area contributed by atoms with Gasteiger partial charge in [0.2, 0.25) is 6.79 Å². The molecule has 0 unspecified atom stereocenters. The standard InChI is InChI=1S/C14H20O3/c1-10-6-7-12(11(2)8-10)16-9-17-13(15)14(3,4)5/h6-8H,9H2,1-5H3. The minimum Gasteiger partial charge on any atom is -0.457 e. The minimum atomic E-state index is -0.494. The highest BCUT2D eigenvalue weighted by Gasteiger charge is 2.23. The van der Waals surface area contributed by atoms with Crippen LogP contribution >= 0.6 is 0 Å². The zero-order valence-electron chi connectivity index (χ0n) is 11.2. The van der Waals surface area contributed by atoms with Crippen molar-refractivity contribution in [2.75, 3.05) is 6.79 Å². The molecule has 0 saturated heterocycles. The van der Waals surface area contributed by atoms with Gasteiger partial charge < -0.3 is 9.47 Å². The van der Waals surface area contributed by atoms with E-state index in [4.69, 9.17) is 9.47 Å². The van der Waals surface area contributed by atoms with Gasteiger partial charge in [-0.1, -0.05) is 17.7 Å². The molecule has 0 aliphatic carbocycles. The third-order valence-corrected chi connectivity index (χ3v) is 2.35. The lowest BCUT2D eigenvalue weighted by Gasteiger charge is -2.17. The molecule has 3 nitrogen and oxygen atoms in total. The predicted octanol–water partition coefficient (Wildman–Crippen LogP) is 3.23. The monoisotopic (exact) mass is 236 g/mol. The van der Waals surface area contributed by atoms with Crippen molar-refractivity contribution in [1.29, 1.82) is 0 Å². The van der Waals surface area contributed by atoms with Crippen molar-refractivity contribution >= 4 is 5.97 Å². The third kappa shape index (κ3) is 4.10. The molecular formula is C14H20O3. The zero-order valence-corrected chi connectivity index (χ0v) is 11.2. The lowest BCUT2D eigenvalue weighted by molar-refractivity contribution is -0.159. The first-order valence-electron chi connectivity index (χ1n) is 5.68.